The molecule has 0 radical (unpaired) electrons. The fourth-order valence-corrected chi connectivity index (χ4v) is 6.80. The van der Waals surface area contributed by atoms with E-state index in [1.807, 2.05) is 70.8 Å². The van der Waals surface area contributed by atoms with Crippen LogP contribution in [0.15, 0.2) is 42.7 Å². The van der Waals surface area contributed by atoms with Crippen LogP contribution in [0.4, 0.5) is 4.79 Å². The van der Waals surface area contributed by atoms with Gasteiger partial charge in [-0.25, -0.2) is 4.79 Å². The second-order valence-electron chi connectivity index (χ2n) is 16.1. The third kappa shape index (κ3) is 12.7. The summed E-state index contributed by atoms with van der Waals surface area (Å²) in [7, 11) is 0. The van der Waals surface area contributed by atoms with Gasteiger partial charge in [-0.3, -0.25) is 19.4 Å². The molecule has 2 aliphatic heterocycles. The highest BCUT2D eigenvalue weighted by Gasteiger charge is 2.32. The topological polar surface area (TPSA) is 126 Å². The van der Waals surface area contributed by atoms with Crippen LogP contribution in [0.5, 0.6) is 5.75 Å². The van der Waals surface area contributed by atoms with Gasteiger partial charge < -0.3 is 24.4 Å². The van der Waals surface area contributed by atoms with Gasteiger partial charge in [0, 0.05) is 63.3 Å². The second-order valence-corrected chi connectivity index (χ2v) is 16.1. The summed E-state index contributed by atoms with van der Waals surface area (Å²) in [4.78, 5) is 60.7. The average Bonchev–Trinajstić information content (AvgIpc) is 3.05. The van der Waals surface area contributed by atoms with Crippen molar-refractivity contribution >= 4 is 23.8 Å². The van der Waals surface area contributed by atoms with Crippen LogP contribution in [-0.4, -0.2) is 81.0 Å². The number of phenols is 1. The van der Waals surface area contributed by atoms with E-state index in [1.54, 1.807) is 23.2 Å². The Balaban J connectivity index is 1.33. The van der Waals surface area contributed by atoms with Crippen LogP contribution in [0.3, 0.4) is 0 Å². The van der Waals surface area contributed by atoms with Crippen LogP contribution >= 0.6 is 0 Å². The summed E-state index contributed by atoms with van der Waals surface area (Å²) in [5, 5.41) is 9.60. The standard InChI is InChI=1S/C40H57N3O7/c1-39(2,3)49-37(47)24-32(33-22-30(25-41-26-33)10-9-28-11-14-34(44)15-12-28)23-35(45)31-8-7-19-43(27-31)36(46)16-13-29-17-20-42(21-18-29)38(48)50-40(4,5)6/h11-12,14-15,22,25-26,29,31-32,44H,7-10,13,16-21,23-24,27H2,1-6H3/t31-,32?/m1/s1. The van der Waals surface area contributed by atoms with E-state index in [4.69, 9.17) is 9.47 Å². The van der Waals surface area contributed by atoms with E-state index in [2.05, 4.69) is 4.98 Å². The fourth-order valence-electron chi connectivity index (χ4n) is 6.80. The van der Waals surface area contributed by atoms with Crippen molar-refractivity contribution in [3.05, 3.63) is 59.4 Å². The Hall–Kier alpha value is -3.95. The molecule has 0 bridgehead atoms. The minimum Gasteiger partial charge on any atom is -0.508 e. The maximum atomic E-state index is 13.8. The van der Waals surface area contributed by atoms with Crippen LogP contribution in [0.1, 0.15) is 116 Å². The number of phenolic OH excluding ortho intramolecular Hbond substituents is 1. The van der Waals surface area contributed by atoms with Gasteiger partial charge in [0.05, 0.1) is 6.42 Å². The highest BCUT2D eigenvalue weighted by atomic mass is 16.6. The van der Waals surface area contributed by atoms with Crippen molar-refractivity contribution in [2.75, 3.05) is 26.2 Å². The Labute approximate surface area is 297 Å². The Kier molecular flexibility index (Phi) is 13.5. The van der Waals surface area contributed by atoms with Crippen molar-refractivity contribution in [2.45, 2.75) is 123 Å². The average molecular weight is 692 g/mol. The number of nitrogens with zero attached hydrogens (tertiary/aromatic N) is 3. The van der Waals surface area contributed by atoms with Gasteiger partial charge in [-0.15, -0.1) is 0 Å². The van der Waals surface area contributed by atoms with Gasteiger partial charge in [-0.2, -0.15) is 0 Å². The number of esters is 1. The lowest BCUT2D eigenvalue weighted by molar-refractivity contribution is -0.155. The molecule has 1 N–H and O–H groups in total. The Morgan fingerprint density at radius 1 is 0.840 bits per heavy atom. The van der Waals surface area contributed by atoms with Gasteiger partial charge >= 0.3 is 12.1 Å². The van der Waals surface area contributed by atoms with E-state index in [0.29, 0.717) is 38.5 Å². The zero-order valence-corrected chi connectivity index (χ0v) is 30.9. The van der Waals surface area contributed by atoms with Crippen molar-refractivity contribution in [3.8, 4) is 5.75 Å². The summed E-state index contributed by atoms with van der Waals surface area (Å²) in [5.41, 5.74) is 1.75. The summed E-state index contributed by atoms with van der Waals surface area (Å²) in [5.74, 6) is -0.298. The van der Waals surface area contributed by atoms with Gasteiger partial charge in [0.25, 0.3) is 0 Å². The number of piperidine rings is 2. The number of aromatic nitrogens is 1. The molecule has 1 aromatic carbocycles. The minimum atomic E-state index is -0.644. The summed E-state index contributed by atoms with van der Waals surface area (Å²) < 4.78 is 11.2. The zero-order chi connectivity index (χ0) is 36.5. The number of carbonyl (C=O) groups excluding carboxylic acids is 4. The lowest BCUT2D eigenvalue weighted by atomic mass is 9.84. The molecule has 2 aromatic rings. The number of rotatable bonds is 12. The molecule has 1 unspecified atom stereocenters. The fraction of sp³-hybridized carbons (Fsp3) is 0.625. The molecule has 2 aliphatic rings. The molecule has 0 spiro atoms. The number of likely N-dealkylation sites (tertiary alicyclic amines) is 2. The molecular weight excluding hydrogens is 634 g/mol. The third-order valence-electron chi connectivity index (χ3n) is 9.47. The van der Waals surface area contributed by atoms with Gasteiger partial charge in [0.2, 0.25) is 5.91 Å². The molecule has 10 nitrogen and oxygen atoms in total. The highest BCUT2D eigenvalue weighted by molar-refractivity contribution is 5.84. The molecule has 4 rings (SSSR count). The number of amides is 2. The van der Waals surface area contributed by atoms with E-state index in [0.717, 1.165) is 61.6 Å². The maximum absolute atomic E-state index is 13.8. The first kappa shape index (κ1) is 38.8. The summed E-state index contributed by atoms with van der Waals surface area (Å²) in [6.45, 7) is 13.4. The van der Waals surface area contributed by atoms with Crippen LogP contribution in [0.2, 0.25) is 0 Å². The Morgan fingerprint density at radius 3 is 2.16 bits per heavy atom. The smallest absolute Gasteiger partial charge is 0.410 e. The normalized spacial score (nSPS) is 18.0. The number of ketones is 1. The molecule has 2 atom stereocenters. The van der Waals surface area contributed by atoms with E-state index in [9.17, 15) is 24.3 Å². The van der Waals surface area contributed by atoms with E-state index < -0.39 is 17.1 Å². The van der Waals surface area contributed by atoms with Crippen LogP contribution in [-0.2, 0) is 36.7 Å². The Morgan fingerprint density at radius 2 is 1.50 bits per heavy atom. The van der Waals surface area contributed by atoms with Gasteiger partial charge in [-0.1, -0.05) is 18.2 Å². The lowest BCUT2D eigenvalue weighted by Crippen LogP contribution is -2.43. The monoisotopic (exact) mass is 691 g/mol. The largest absolute Gasteiger partial charge is 0.508 e. The quantitative estimate of drug-likeness (QED) is 0.236. The second kappa shape index (κ2) is 17.3. The van der Waals surface area contributed by atoms with E-state index in [-0.39, 0.29) is 48.3 Å². The molecule has 2 fully saturated rings. The number of aromatic hydroxyl groups is 1. The van der Waals surface area contributed by atoms with Crippen LogP contribution in [0.25, 0.3) is 0 Å². The molecule has 274 valence electrons. The highest BCUT2D eigenvalue weighted by Crippen LogP contribution is 2.31. The molecule has 1 aromatic heterocycles. The van der Waals surface area contributed by atoms with E-state index in [1.165, 1.54) is 0 Å². The molecular formula is C40H57N3O7. The van der Waals surface area contributed by atoms with Crippen molar-refractivity contribution in [3.63, 3.8) is 0 Å². The third-order valence-corrected chi connectivity index (χ3v) is 9.47. The van der Waals surface area contributed by atoms with Crippen LogP contribution in [0, 0.1) is 11.8 Å². The lowest BCUT2D eigenvalue weighted by Gasteiger charge is -2.35. The summed E-state index contributed by atoms with van der Waals surface area (Å²) >= 11 is 0. The first-order chi connectivity index (χ1) is 23.5. The van der Waals surface area contributed by atoms with Gasteiger partial charge in [-0.05, 0) is 121 Å². The van der Waals surface area contributed by atoms with Crippen molar-refractivity contribution in [2.24, 2.45) is 11.8 Å². The molecule has 0 aliphatic carbocycles. The molecule has 10 heteroatoms. The van der Waals surface area contributed by atoms with Crippen molar-refractivity contribution in [1.29, 1.82) is 0 Å². The molecule has 3 heterocycles. The number of benzene rings is 1. The predicted octanol–water partition coefficient (Wildman–Crippen LogP) is 7.01. The molecule has 0 saturated carbocycles. The van der Waals surface area contributed by atoms with E-state index >= 15 is 0 Å². The van der Waals surface area contributed by atoms with Gasteiger partial charge in [0.15, 0.2) is 0 Å². The summed E-state index contributed by atoms with van der Waals surface area (Å²) in [6.07, 6.45) is 9.37. The number of Topliss-reactive ketones (excluding diaryl/α,β-unsaturated/α-hetero) is 1. The molecule has 50 heavy (non-hydrogen) atoms. The number of hydrogen-bond acceptors (Lipinski definition) is 8. The number of hydrogen-bond donors (Lipinski definition) is 1. The summed E-state index contributed by atoms with van der Waals surface area (Å²) in [6, 6.07) is 9.17. The predicted molar refractivity (Wildman–Crippen MR) is 192 cm³/mol. The first-order valence-corrected chi connectivity index (χ1v) is 18.3. The first-order valence-electron chi connectivity index (χ1n) is 18.3. The number of ether oxygens (including phenoxy) is 2. The molecule has 2 amide bonds. The minimum absolute atomic E-state index is 0.0556. The zero-order valence-electron chi connectivity index (χ0n) is 30.9. The maximum Gasteiger partial charge on any atom is 0.410 e. The van der Waals surface area contributed by atoms with Crippen molar-refractivity contribution < 1.29 is 33.8 Å². The SMILES string of the molecule is CC(C)(C)OC(=O)CC(CC(=O)[C@@H]1CCCN(C(=O)CCC2CCN(C(=O)OC(C)(C)C)CC2)C1)c1cncc(CCc2ccc(O)cc2)c1. The Bertz CT molecular complexity index is 1450. The van der Waals surface area contributed by atoms with Gasteiger partial charge in [0.1, 0.15) is 22.7 Å². The number of aryl methyl sites for hydroxylation is 2. The van der Waals surface area contributed by atoms with Crippen LogP contribution < -0.4 is 0 Å². The van der Waals surface area contributed by atoms with Crippen molar-refractivity contribution in [1.82, 2.24) is 14.8 Å². The number of pyridine rings is 1. The molecule has 2 saturated heterocycles. The number of carbonyl (C=O) groups is 4.